The summed E-state index contributed by atoms with van der Waals surface area (Å²) in [5, 5.41) is 13.5. The van der Waals surface area contributed by atoms with Gasteiger partial charge in [0.1, 0.15) is 0 Å². The molecule has 0 fully saturated rings. The van der Waals surface area contributed by atoms with Crippen molar-refractivity contribution in [2.24, 2.45) is 7.05 Å². The van der Waals surface area contributed by atoms with Crippen LogP contribution in [0.25, 0.3) is 0 Å². The molecule has 2 aromatic rings. The van der Waals surface area contributed by atoms with Gasteiger partial charge in [-0.25, -0.2) is 0 Å². The lowest BCUT2D eigenvalue weighted by Crippen LogP contribution is -1.89. The quantitative estimate of drug-likeness (QED) is 0.887. The Balaban J connectivity index is 2.11. The first-order chi connectivity index (χ1) is 7.65. The molecule has 0 radical (unpaired) electrons. The van der Waals surface area contributed by atoms with E-state index in [0.717, 1.165) is 15.4 Å². The molecule has 4 heteroatoms. The number of rotatable bonds is 3. The van der Waals surface area contributed by atoms with Crippen LogP contribution in [0.5, 0.6) is 0 Å². The fraction of sp³-hybridized carbons (Fsp3) is 0.250. The summed E-state index contributed by atoms with van der Waals surface area (Å²) in [5.41, 5.74) is 0.940. The SMILES string of the molecule is C[C@H](O)c1ccc(Sc2cnn(C)c2)cc1. The van der Waals surface area contributed by atoms with Crippen molar-refractivity contribution in [1.29, 1.82) is 0 Å². The minimum absolute atomic E-state index is 0.405. The molecule has 1 aromatic heterocycles. The van der Waals surface area contributed by atoms with Gasteiger partial charge in [0, 0.05) is 18.1 Å². The van der Waals surface area contributed by atoms with Crippen LogP contribution in [0.3, 0.4) is 0 Å². The highest BCUT2D eigenvalue weighted by atomic mass is 32.2. The molecule has 0 aliphatic carbocycles. The van der Waals surface area contributed by atoms with E-state index in [4.69, 9.17) is 0 Å². The molecule has 2 rings (SSSR count). The molecule has 0 amide bonds. The third-order valence-corrected chi connectivity index (χ3v) is 3.23. The summed E-state index contributed by atoms with van der Waals surface area (Å²) >= 11 is 1.66. The fourth-order valence-electron chi connectivity index (χ4n) is 1.40. The molecule has 3 nitrogen and oxygen atoms in total. The van der Waals surface area contributed by atoms with Crippen molar-refractivity contribution in [3.05, 3.63) is 42.2 Å². The monoisotopic (exact) mass is 234 g/mol. The molecule has 0 saturated heterocycles. The Morgan fingerprint density at radius 3 is 2.44 bits per heavy atom. The van der Waals surface area contributed by atoms with Crippen LogP contribution in [-0.2, 0) is 7.05 Å². The largest absolute Gasteiger partial charge is 0.389 e. The molecule has 0 aliphatic rings. The summed E-state index contributed by atoms with van der Waals surface area (Å²) in [6, 6.07) is 7.92. The summed E-state index contributed by atoms with van der Waals surface area (Å²) in [6.07, 6.45) is 3.41. The van der Waals surface area contributed by atoms with Gasteiger partial charge in [-0.15, -0.1) is 0 Å². The van der Waals surface area contributed by atoms with Gasteiger partial charge >= 0.3 is 0 Å². The maximum absolute atomic E-state index is 9.39. The molecule has 0 saturated carbocycles. The number of aryl methyl sites for hydroxylation is 1. The van der Waals surface area contributed by atoms with Crippen molar-refractivity contribution < 1.29 is 5.11 Å². The minimum atomic E-state index is -0.405. The molecule has 1 atom stereocenters. The lowest BCUT2D eigenvalue weighted by molar-refractivity contribution is 0.199. The number of nitrogens with zero attached hydrogens (tertiary/aromatic N) is 2. The van der Waals surface area contributed by atoms with Crippen LogP contribution in [0.1, 0.15) is 18.6 Å². The molecule has 0 spiro atoms. The van der Waals surface area contributed by atoms with E-state index in [-0.39, 0.29) is 0 Å². The summed E-state index contributed by atoms with van der Waals surface area (Å²) in [6.45, 7) is 1.77. The number of aliphatic hydroxyl groups excluding tert-OH is 1. The Hall–Kier alpha value is -1.26. The maximum atomic E-state index is 9.39. The molecule has 1 aromatic carbocycles. The molecule has 0 aliphatic heterocycles. The van der Waals surface area contributed by atoms with E-state index in [1.807, 2.05) is 43.7 Å². The van der Waals surface area contributed by atoms with E-state index >= 15 is 0 Å². The molecule has 16 heavy (non-hydrogen) atoms. The second-order valence-electron chi connectivity index (χ2n) is 3.70. The lowest BCUT2D eigenvalue weighted by atomic mass is 10.1. The number of benzene rings is 1. The molecule has 1 N–H and O–H groups in total. The Kier molecular flexibility index (Phi) is 3.31. The van der Waals surface area contributed by atoms with Crippen molar-refractivity contribution in [3.8, 4) is 0 Å². The normalized spacial score (nSPS) is 12.7. The van der Waals surface area contributed by atoms with Crippen molar-refractivity contribution >= 4 is 11.8 Å². The Morgan fingerprint density at radius 1 is 1.25 bits per heavy atom. The number of aromatic nitrogens is 2. The van der Waals surface area contributed by atoms with Crippen LogP contribution < -0.4 is 0 Å². The van der Waals surface area contributed by atoms with Crippen molar-refractivity contribution in [2.45, 2.75) is 22.8 Å². The average Bonchev–Trinajstić information content (AvgIpc) is 2.65. The van der Waals surface area contributed by atoms with E-state index < -0.39 is 6.10 Å². The summed E-state index contributed by atoms with van der Waals surface area (Å²) in [5.74, 6) is 0. The highest BCUT2D eigenvalue weighted by Crippen LogP contribution is 2.27. The second kappa shape index (κ2) is 4.72. The second-order valence-corrected chi connectivity index (χ2v) is 4.84. The average molecular weight is 234 g/mol. The number of hydrogen-bond acceptors (Lipinski definition) is 3. The standard InChI is InChI=1S/C12H14N2OS/c1-9(15)10-3-5-11(6-4-10)16-12-7-13-14(2)8-12/h3-9,15H,1-2H3/t9-/m0/s1. The third kappa shape index (κ3) is 2.65. The zero-order valence-electron chi connectivity index (χ0n) is 9.29. The molecule has 84 valence electrons. The fourth-order valence-corrected chi connectivity index (χ4v) is 2.25. The molecule has 0 unspecified atom stereocenters. The van der Waals surface area contributed by atoms with Crippen LogP contribution in [0, 0.1) is 0 Å². The van der Waals surface area contributed by atoms with E-state index in [1.54, 1.807) is 23.4 Å². The highest BCUT2D eigenvalue weighted by molar-refractivity contribution is 7.99. The minimum Gasteiger partial charge on any atom is -0.389 e. The first-order valence-corrected chi connectivity index (χ1v) is 5.91. The first kappa shape index (κ1) is 11.2. The first-order valence-electron chi connectivity index (χ1n) is 5.09. The van der Waals surface area contributed by atoms with E-state index in [1.165, 1.54) is 0 Å². The van der Waals surface area contributed by atoms with Gasteiger partial charge < -0.3 is 5.11 Å². The van der Waals surface area contributed by atoms with Crippen LogP contribution in [0.2, 0.25) is 0 Å². The van der Waals surface area contributed by atoms with Gasteiger partial charge in [-0.2, -0.15) is 5.10 Å². The van der Waals surface area contributed by atoms with Gasteiger partial charge in [-0.05, 0) is 24.6 Å². The van der Waals surface area contributed by atoms with Crippen LogP contribution in [-0.4, -0.2) is 14.9 Å². The Labute approximate surface area is 99.1 Å². The smallest absolute Gasteiger partial charge is 0.0761 e. The van der Waals surface area contributed by atoms with Gasteiger partial charge in [0.15, 0.2) is 0 Å². The van der Waals surface area contributed by atoms with Crippen molar-refractivity contribution in [3.63, 3.8) is 0 Å². The van der Waals surface area contributed by atoms with Gasteiger partial charge in [-0.1, -0.05) is 23.9 Å². The summed E-state index contributed by atoms with van der Waals surface area (Å²) in [7, 11) is 1.90. The molecule has 1 heterocycles. The van der Waals surface area contributed by atoms with Crippen LogP contribution in [0.15, 0.2) is 46.5 Å². The zero-order valence-corrected chi connectivity index (χ0v) is 10.1. The third-order valence-electron chi connectivity index (χ3n) is 2.28. The predicted molar refractivity (Wildman–Crippen MR) is 64.4 cm³/mol. The van der Waals surface area contributed by atoms with Gasteiger partial charge in [0.05, 0.1) is 17.2 Å². The Bertz CT molecular complexity index is 462. The van der Waals surface area contributed by atoms with Crippen LogP contribution in [0.4, 0.5) is 0 Å². The zero-order chi connectivity index (χ0) is 11.5. The van der Waals surface area contributed by atoms with E-state index in [2.05, 4.69) is 5.10 Å². The highest BCUT2D eigenvalue weighted by Gasteiger charge is 2.02. The number of hydrogen-bond donors (Lipinski definition) is 1. The topological polar surface area (TPSA) is 38.1 Å². The van der Waals surface area contributed by atoms with Gasteiger partial charge in [-0.3, -0.25) is 4.68 Å². The van der Waals surface area contributed by atoms with Crippen molar-refractivity contribution in [1.82, 2.24) is 9.78 Å². The molecular formula is C12H14N2OS. The van der Waals surface area contributed by atoms with Crippen molar-refractivity contribution in [2.75, 3.05) is 0 Å². The predicted octanol–water partition coefficient (Wildman–Crippen LogP) is 2.62. The summed E-state index contributed by atoms with van der Waals surface area (Å²) in [4.78, 5) is 2.27. The van der Waals surface area contributed by atoms with Gasteiger partial charge in [0.25, 0.3) is 0 Å². The van der Waals surface area contributed by atoms with E-state index in [0.29, 0.717) is 0 Å². The summed E-state index contributed by atoms with van der Waals surface area (Å²) < 4.78 is 1.78. The van der Waals surface area contributed by atoms with E-state index in [9.17, 15) is 5.11 Å². The molecular weight excluding hydrogens is 220 g/mol. The Morgan fingerprint density at radius 2 is 1.94 bits per heavy atom. The van der Waals surface area contributed by atoms with Gasteiger partial charge in [0.2, 0.25) is 0 Å². The van der Waals surface area contributed by atoms with Crippen LogP contribution >= 0.6 is 11.8 Å². The maximum Gasteiger partial charge on any atom is 0.0761 e. The number of aliphatic hydroxyl groups is 1. The molecule has 0 bridgehead atoms. The lowest BCUT2D eigenvalue weighted by Gasteiger charge is -2.05.